The van der Waals surface area contributed by atoms with E-state index in [1.807, 2.05) is 6.07 Å². The van der Waals surface area contributed by atoms with Crippen LogP contribution in [0.5, 0.6) is 0 Å². The summed E-state index contributed by atoms with van der Waals surface area (Å²) in [6, 6.07) is 3.98. The third-order valence-corrected chi connectivity index (χ3v) is 3.74. The van der Waals surface area contributed by atoms with Crippen LogP contribution in [0, 0.1) is 6.92 Å². The highest BCUT2D eigenvalue weighted by Crippen LogP contribution is 2.39. The molecule has 0 bridgehead atoms. The highest BCUT2D eigenvalue weighted by Gasteiger charge is 2.27. The minimum absolute atomic E-state index is 0.539. The van der Waals surface area contributed by atoms with Gasteiger partial charge in [-0.1, -0.05) is 11.6 Å². The topological polar surface area (TPSA) is 25.8 Å². The quantitative estimate of drug-likeness (QED) is 0.752. The molecule has 0 N–H and O–H groups in total. The van der Waals surface area contributed by atoms with E-state index in [-0.39, 0.29) is 0 Å². The zero-order chi connectivity index (χ0) is 11.1. The molecule has 16 heavy (non-hydrogen) atoms. The Morgan fingerprint density at radius 1 is 1.31 bits per heavy atom. The fourth-order valence-corrected chi connectivity index (χ4v) is 2.57. The van der Waals surface area contributed by atoms with Crippen molar-refractivity contribution < 1.29 is 0 Å². The number of rotatable bonds is 2. The Morgan fingerprint density at radius 3 is 2.75 bits per heavy atom. The van der Waals surface area contributed by atoms with E-state index < -0.39 is 0 Å². The average Bonchev–Trinajstić information content (AvgIpc) is 3.01. The Kier molecular flexibility index (Phi) is 2.45. The molecule has 0 atom stereocenters. The summed E-state index contributed by atoms with van der Waals surface area (Å²) in [5.41, 5.74) is 2.10. The molecule has 3 rings (SSSR count). The van der Waals surface area contributed by atoms with Gasteiger partial charge in [-0.3, -0.25) is 0 Å². The van der Waals surface area contributed by atoms with Crippen molar-refractivity contribution in [1.82, 2.24) is 9.97 Å². The number of hydrogen-bond acceptors (Lipinski definition) is 3. The molecule has 4 heteroatoms. The van der Waals surface area contributed by atoms with Gasteiger partial charge in [0.1, 0.15) is 11.0 Å². The van der Waals surface area contributed by atoms with Crippen LogP contribution < -0.4 is 0 Å². The van der Waals surface area contributed by atoms with E-state index >= 15 is 0 Å². The molecule has 2 aromatic rings. The minimum atomic E-state index is 0.539. The molecule has 2 heterocycles. The number of nitrogens with zero attached hydrogens (tertiary/aromatic N) is 2. The summed E-state index contributed by atoms with van der Waals surface area (Å²) in [5.74, 6) is 1.45. The molecule has 1 aliphatic carbocycles. The van der Waals surface area contributed by atoms with Crippen molar-refractivity contribution >= 4 is 22.9 Å². The summed E-state index contributed by atoms with van der Waals surface area (Å²) >= 11 is 7.76. The molecule has 1 saturated carbocycles. The normalized spacial score (nSPS) is 15.4. The van der Waals surface area contributed by atoms with Crippen LogP contribution in [0.25, 0.3) is 11.3 Å². The van der Waals surface area contributed by atoms with Gasteiger partial charge in [-0.2, -0.15) is 0 Å². The fraction of sp³-hybridized carbons (Fsp3) is 0.333. The Labute approximate surface area is 103 Å². The van der Waals surface area contributed by atoms with Crippen molar-refractivity contribution in [1.29, 1.82) is 0 Å². The van der Waals surface area contributed by atoms with Gasteiger partial charge in [0.2, 0.25) is 0 Å². The van der Waals surface area contributed by atoms with E-state index in [1.54, 1.807) is 11.3 Å². The molecule has 0 radical (unpaired) electrons. The molecule has 0 unspecified atom stereocenters. The number of hydrogen-bond donors (Lipinski definition) is 0. The Hall–Kier alpha value is -0.930. The maximum absolute atomic E-state index is 6.03. The van der Waals surface area contributed by atoms with Crippen LogP contribution in [0.4, 0.5) is 0 Å². The van der Waals surface area contributed by atoms with Gasteiger partial charge >= 0.3 is 0 Å². The third kappa shape index (κ3) is 1.97. The molecule has 0 aliphatic heterocycles. The first kappa shape index (κ1) is 10.2. The van der Waals surface area contributed by atoms with Gasteiger partial charge in [-0.25, -0.2) is 9.97 Å². The van der Waals surface area contributed by atoms with E-state index in [0.29, 0.717) is 11.1 Å². The van der Waals surface area contributed by atoms with Gasteiger partial charge in [-0.05, 0) is 25.8 Å². The van der Waals surface area contributed by atoms with E-state index in [0.717, 1.165) is 17.1 Å². The Morgan fingerprint density at radius 2 is 2.12 bits per heavy atom. The van der Waals surface area contributed by atoms with Crippen LogP contribution >= 0.6 is 22.9 Å². The average molecular weight is 251 g/mol. The standard InChI is InChI=1S/C12H11ClN2S/c1-7-4-9(6-16-7)10-5-11(13)15-12(14-10)8-2-3-8/h4-6,8H,2-3H2,1H3. The van der Waals surface area contributed by atoms with Crippen molar-refractivity contribution in [3.8, 4) is 11.3 Å². The molecular weight excluding hydrogens is 240 g/mol. The molecule has 0 saturated heterocycles. The van der Waals surface area contributed by atoms with E-state index in [9.17, 15) is 0 Å². The van der Waals surface area contributed by atoms with Gasteiger partial charge in [0.05, 0.1) is 5.69 Å². The zero-order valence-electron chi connectivity index (χ0n) is 8.90. The molecular formula is C12H11ClN2S. The van der Waals surface area contributed by atoms with Crippen LogP contribution in [-0.2, 0) is 0 Å². The van der Waals surface area contributed by atoms with Gasteiger partial charge in [0, 0.05) is 27.8 Å². The maximum atomic E-state index is 6.03. The van der Waals surface area contributed by atoms with E-state index in [1.165, 1.54) is 17.7 Å². The highest BCUT2D eigenvalue weighted by molar-refractivity contribution is 7.10. The second kappa shape index (κ2) is 3.82. The lowest BCUT2D eigenvalue weighted by molar-refractivity contribution is 0.931. The summed E-state index contributed by atoms with van der Waals surface area (Å²) in [4.78, 5) is 10.2. The molecule has 82 valence electrons. The monoisotopic (exact) mass is 250 g/mol. The summed E-state index contributed by atoms with van der Waals surface area (Å²) < 4.78 is 0. The lowest BCUT2D eigenvalue weighted by Gasteiger charge is -2.02. The van der Waals surface area contributed by atoms with Crippen molar-refractivity contribution in [2.75, 3.05) is 0 Å². The second-order valence-electron chi connectivity index (χ2n) is 4.15. The molecule has 0 spiro atoms. The van der Waals surface area contributed by atoms with Crippen molar-refractivity contribution in [2.24, 2.45) is 0 Å². The van der Waals surface area contributed by atoms with Crippen molar-refractivity contribution in [3.05, 3.63) is 33.4 Å². The number of thiophene rings is 1. The van der Waals surface area contributed by atoms with Crippen LogP contribution in [0.3, 0.4) is 0 Å². The van der Waals surface area contributed by atoms with Crippen LogP contribution in [0.15, 0.2) is 17.5 Å². The first-order chi connectivity index (χ1) is 7.72. The highest BCUT2D eigenvalue weighted by atomic mass is 35.5. The third-order valence-electron chi connectivity index (χ3n) is 2.68. The van der Waals surface area contributed by atoms with Crippen molar-refractivity contribution in [3.63, 3.8) is 0 Å². The first-order valence-corrected chi connectivity index (χ1v) is 6.58. The number of aromatic nitrogens is 2. The molecule has 1 fully saturated rings. The minimum Gasteiger partial charge on any atom is -0.232 e. The summed E-state index contributed by atoms with van der Waals surface area (Å²) in [7, 11) is 0. The van der Waals surface area contributed by atoms with Gasteiger partial charge < -0.3 is 0 Å². The smallest absolute Gasteiger partial charge is 0.133 e. The predicted octanol–water partition coefficient (Wildman–Crippen LogP) is 4.04. The Bertz CT molecular complexity index is 532. The molecule has 2 nitrogen and oxygen atoms in total. The molecule has 0 amide bonds. The first-order valence-electron chi connectivity index (χ1n) is 5.32. The van der Waals surface area contributed by atoms with E-state index in [2.05, 4.69) is 28.3 Å². The van der Waals surface area contributed by atoms with E-state index in [4.69, 9.17) is 11.6 Å². The van der Waals surface area contributed by atoms with Crippen molar-refractivity contribution in [2.45, 2.75) is 25.7 Å². The second-order valence-corrected chi connectivity index (χ2v) is 5.66. The fourth-order valence-electron chi connectivity index (χ4n) is 1.68. The summed E-state index contributed by atoms with van der Waals surface area (Å²) in [6.07, 6.45) is 2.39. The van der Waals surface area contributed by atoms with Crippen LogP contribution in [0.1, 0.15) is 29.5 Å². The Balaban J connectivity index is 2.06. The van der Waals surface area contributed by atoms with Gasteiger partial charge in [0.25, 0.3) is 0 Å². The van der Waals surface area contributed by atoms with Gasteiger partial charge in [0.15, 0.2) is 0 Å². The zero-order valence-corrected chi connectivity index (χ0v) is 10.5. The summed E-state index contributed by atoms with van der Waals surface area (Å²) in [5, 5.41) is 2.67. The molecule has 0 aromatic carbocycles. The largest absolute Gasteiger partial charge is 0.232 e. The number of aryl methyl sites for hydroxylation is 1. The number of halogens is 1. The van der Waals surface area contributed by atoms with Crippen LogP contribution in [-0.4, -0.2) is 9.97 Å². The van der Waals surface area contributed by atoms with Crippen LogP contribution in [0.2, 0.25) is 5.15 Å². The lowest BCUT2D eigenvalue weighted by Crippen LogP contribution is -1.94. The lowest BCUT2D eigenvalue weighted by atomic mass is 10.2. The predicted molar refractivity (Wildman–Crippen MR) is 67.1 cm³/mol. The SMILES string of the molecule is Cc1cc(-c2cc(Cl)nc(C3CC3)n2)cs1. The maximum Gasteiger partial charge on any atom is 0.133 e. The molecule has 1 aliphatic rings. The summed E-state index contributed by atoms with van der Waals surface area (Å²) in [6.45, 7) is 2.10. The molecule has 2 aromatic heterocycles. The van der Waals surface area contributed by atoms with Gasteiger partial charge in [-0.15, -0.1) is 11.3 Å².